The molecular weight excluding hydrogens is 518 g/mol. The maximum absolute atomic E-state index is 13.9. The van der Waals surface area contributed by atoms with Crippen molar-refractivity contribution in [3.8, 4) is 5.75 Å². The van der Waals surface area contributed by atoms with Crippen LogP contribution < -0.4 is 10.1 Å². The standard InChI is InChI=1S/C29H35N3O6S/c1-38-26-16-14-24(15-17-26)21-32(28(25-12-7-4-8-13-25)29(35)30-18-9-19-33)27(34)22-31(39(2,36)37)20-23-10-5-3-6-11-23/h3-8,10-17,28,33H,9,18-22H2,1-2H3,(H,30,35). The van der Waals surface area contributed by atoms with Crippen LogP contribution in [0.3, 0.4) is 0 Å². The normalized spacial score (nSPS) is 12.1. The Morgan fingerprint density at radius 1 is 0.897 bits per heavy atom. The van der Waals surface area contributed by atoms with Crippen LogP contribution in [-0.2, 0) is 32.7 Å². The number of aliphatic hydroxyl groups excluding tert-OH is 1. The molecule has 0 aliphatic heterocycles. The number of aliphatic hydroxyl groups is 1. The average Bonchev–Trinajstić information content (AvgIpc) is 2.93. The van der Waals surface area contributed by atoms with Gasteiger partial charge in [-0.05, 0) is 35.2 Å². The summed E-state index contributed by atoms with van der Waals surface area (Å²) in [6.45, 7) is -0.239. The number of hydrogen-bond acceptors (Lipinski definition) is 6. The molecule has 0 heterocycles. The van der Waals surface area contributed by atoms with Gasteiger partial charge >= 0.3 is 0 Å². The number of benzene rings is 3. The number of ether oxygens (including phenoxy) is 1. The predicted molar refractivity (Wildman–Crippen MR) is 149 cm³/mol. The molecule has 1 atom stereocenters. The summed E-state index contributed by atoms with van der Waals surface area (Å²) in [4.78, 5) is 28.8. The molecule has 0 saturated heterocycles. The van der Waals surface area contributed by atoms with Gasteiger partial charge in [0, 0.05) is 26.2 Å². The van der Waals surface area contributed by atoms with Crippen molar-refractivity contribution in [1.82, 2.24) is 14.5 Å². The number of methoxy groups -OCH3 is 1. The number of nitrogens with one attached hydrogen (secondary N) is 1. The summed E-state index contributed by atoms with van der Waals surface area (Å²) < 4.78 is 31.8. The highest BCUT2D eigenvalue weighted by Crippen LogP contribution is 2.25. The van der Waals surface area contributed by atoms with Gasteiger partial charge in [0.2, 0.25) is 21.8 Å². The Balaban J connectivity index is 2.00. The summed E-state index contributed by atoms with van der Waals surface area (Å²) in [5.41, 5.74) is 2.05. The first-order valence-corrected chi connectivity index (χ1v) is 14.4. The molecule has 208 valence electrons. The van der Waals surface area contributed by atoms with Crippen molar-refractivity contribution in [3.63, 3.8) is 0 Å². The molecule has 0 aliphatic rings. The Labute approximate surface area is 230 Å². The Morgan fingerprint density at radius 3 is 2.05 bits per heavy atom. The zero-order chi connectivity index (χ0) is 28.3. The van der Waals surface area contributed by atoms with Crippen molar-refractivity contribution in [1.29, 1.82) is 0 Å². The molecule has 0 aromatic heterocycles. The van der Waals surface area contributed by atoms with Crippen LogP contribution in [0.2, 0.25) is 0 Å². The first-order valence-electron chi connectivity index (χ1n) is 12.6. The van der Waals surface area contributed by atoms with Crippen LogP contribution in [-0.4, -0.2) is 67.6 Å². The Morgan fingerprint density at radius 2 is 1.49 bits per heavy atom. The molecule has 39 heavy (non-hydrogen) atoms. The van der Waals surface area contributed by atoms with Gasteiger partial charge < -0.3 is 20.1 Å². The van der Waals surface area contributed by atoms with Crippen LogP contribution in [0, 0.1) is 0 Å². The lowest BCUT2D eigenvalue weighted by atomic mass is 10.0. The molecule has 0 saturated carbocycles. The van der Waals surface area contributed by atoms with Crippen LogP contribution in [0.15, 0.2) is 84.9 Å². The Bertz CT molecular complexity index is 1300. The zero-order valence-corrected chi connectivity index (χ0v) is 23.0. The molecule has 10 heteroatoms. The number of nitrogens with zero attached hydrogens (tertiary/aromatic N) is 2. The van der Waals surface area contributed by atoms with E-state index in [1.54, 1.807) is 79.9 Å². The molecule has 1 unspecified atom stereocenters. The van der Waals surface area contributed by atoms with Gasteiger partial charge in [-0.25, -0.2) is 8.42 Å². The monoisotopic (exact) mass is 553 g/mol. The fraction of sp³-hybridized carbons (Fsp3) is 0.310. The average molecular weight is 554 g/mol. The van der Waals surface area contributed by atoms with Crippen molar-refractivity contribution in [2.24, 2.45) is 0 Å². The van der Waals surface area contributed by atoms with E-state index in [-0.39, 0.29) is 26.2 Å². The van der Waals surface area contributed by atoms with Gasteiger partial charge in [0.1, 0.15) is 11.8 Å². The fourth-order valence-electron chi connectivity index (χ4n) is 4.07. The van der Waals surface area contributed by atoms with Crippen LogP contribution >= 0.6 is 0 Å². The molecule has 2 N–H and O–H groups in total. The molecule has 0 radical (unpaired) electrons. The summed E-state index contributed by atoms with van der Waals surface area (Å²) in [7, 11) is -2.21. The van der Waals surface area contributed by atoms with Crippen LogP contribution in [0.5, 0.6) is 5.75 Å². The lowest BCUT2D eigenvalue weighted by molar-refractivity contribution is -0.141. The topological polar surface area (TPSA) is 116 Å². The van der Waals surface area contributed by atoms with Crippen LogP contribution in [0.4, 0.5) is 0 Å². The number of hydrogen-bond donors (Lipinski definition) is 2. The maximum atomic E-state index is 13.9. The minimum absolute atomic E-state index is 0.0144. The van der Waals surface area contributed by atoms with E-state index in [0.29, 0.717) is 17.7 Å². The number of carbonyl (C=O) groups excluding carboxylic acids is 2. The van der Waals surface area contributed by atoms with Crippen molar-refractivity contribution in [2.75, 3.05) is 33.1 Å². The lowest BCUT2D eigenvalue weighted by Gasteiger charge is -2.33. The third-order valence-corrected chi connectivity index (χ3v) is 7.32. The van der Waals surface area contributed by atoms with Gasteiger partial charge in [0.05, 0.1) is 19.9 Å². The van der Waals surface area contributed by atoms with Gasteiger partial charge in [-0.15, -0.1) is 0 Å². The second kappa shape index (κ2) is 14.4. The quantitative estimate of drug-likeness (QED) is 0.297. The summed E-state index contributed by atoms with van der Waals surface area (Å²) in [5.74, 6) is -0.312. The van der Waals surface area contributed by atoms with E-state index in [1.807, 2.05) is 12.1 Å². The summed E-state index contributed by atoms with van der Waals surface area (Å²) in [5, 5.41) is 12.0. The predicted octanol–water partition coefficient (Wildman–Crippen LogP) is 2.73. The molecule has 2 amide bonds. The molecule has 3 aromatic rings. The highest BCUT2D eigenvalue weighted by Gasteiger charge is 2.33. The van der Waals surface area contributed by atoms with Gasteiger partial charge in [-0.3, -0.25) is 9.59 Å². The van der Waals surface area contributed by atoms with Gasteiger partial charge in [0.15, 0.2) is 0 Å². The van der Waals surface area contributed by atoms with Crippen molar-refractivity contribution < 1.29 is 27.9 Å². The van der Waals surface area contributed by atoms with Crippen molar-refractivity contribution in [3.05, 3.63) is 102 Å². The SMILES string of the molecule is COc1ccc(CN(C(=O)CN(Cc2ccccc2)S(C)(=O)=O)C(C(=O)NCCCO)c2ccccc2)cc1. The third-order valence-electron chi connectivity index (χ3n) is 6.12. The second-order valence-electron chi connectivity index (χ2n) is 9.07. The van der Waals surface area contributed by atoms with Gasteiger partial charge in [-0.1, -0.05) is 72.8 Å². The smallest absolute Gasteiger partial charge is 0.247 e. The number of sulfonamides is 1. The zero-order valence-electron chi connectivity index (χ0n) is 22.2. The summed E-state index contributed by atoms with van der Waals surface area (Å²) >= 11 is 0. The van der Waals surface area contributed by atoms with Crippen molar-refractivity contribution in [2.45, 2.75) is 25.6 Å². The molecule has 3 aromatic carbocycles. The first kappa shape index (κ1) is 29.8. The third kappa shape index (κ3) is 8.91. The molecule has 0 bridgehead atoms. The van der Waals surface area contributed by atoms with Gasteiger partial charge in [-0.2, -0.15) is 4.31 Å². The van der Waals surface area contributed by atoms with E-state index in [4.69, 9.17) is 4.74 Å². The highest BCUT2D eigenvalue weighted by molar-refractivity contribution is 7.88. The molecule has 0 fully saturated rings. The summed E-state index contributed by atoms with van der Waals surface area (Å²) in [6, 6.07) is 24.0. The fourth-order valence-corrected chi connectivity index (χ4v) is 4.79. The largest absolute Gasteiger partial charge is 0.497 e. The van der Waals surface area contributed by atoms with E-state index in [2.05, 4.69) is 5.32 Å². The molecule has 0 aliphatic carbocycles. The Hall–Kier alpha value is -3.73. The number of amides is 2. The van der Waals surface area contributed by atoms with Crippen LogP contribution in [0.1, 0.15) is 29.2 Å². The maximum Gasteiger partial charge on any atom is 0.247 e. The number of rotatable bonds is 14. The van der Waals surface area contributed by atoms with E-state index in [9.17, 15) is 23.1 Å². The Kier molecular flexibility index (Phi) is 11.0. The van der Waals surface area contributed by atoms with Crippen LogP contribution in [0.25, 0.3) is 0 Å². The minimum atomic E-state index is -3.76. The van der Waals surface area contributed by atoms with E-state index in [1.165, 1.54) is 4.90 Å². The molecule has 0 spiro atoms. The van der Waals surface area contributed by atoms with E-state index < -0.39 is 34.4 Å². The highest BCUT2D eigenvalue weighted by atomic mass is 32.2. The lowest BCUT2D eigenvalue weighted by Crippen LogP contribution is -2.48. The second-order valence-corrected chi connectivity index (χ2v) is 11.1. The summed E-state index contributed by atoms with van der Waals surface area (Å²) in [6.07, 6.45) is 1.42. The molecular formula is C29H35N3O6S. The van der Waals surface area contributed by atoms with E-state index >= 15 is 0 Å². The molecule has 3 rings (SSSR count). The van der Waals surface area contributed by atoms with Crippen molar-refractivity contribution >= 4 is 21.8 Å². The van der Waals surface area contributed by atoms with E-state index in [0.717, 1.165) is 21.7 Å². The molecule has 9 nitrogen and oxygen atoms in total. The number of carbonyl (C=O) groups is 2. The van der Waals surface area contributed by atoms with Gasteiger partial charge in [0.25, 0.3) is 0 Å². The first-order chi connectivity index (χ1) is 18.7. The minimum Gasteiger partial charge on any atom is -0.497 e.